The van der Waals surface area contributed by atoms with Crippen LogP contribution in [0.2, 0.25) is 5.02 Å². The molecule has 106 valence electrons. The third kappa shape index (κ3) is 4.30. The Bertz CT molecular complexity index is 589. The van der Waals surface area contributed by atoms with Crippen molar-refractivity contribution < 1.29 is 9.18 Å². The first kappa shape index (κ1) is 15.0. The second kappa shape index (κ2) is 6.83. The predicted octanol–water partition coefficient (Wildman–Crippen LogP) is 3.61. The van der Waals surface area contributed by atoms with E-state index in [1.54, 1.807) is 11.3 Å². The van der Waals surface area contributed by atoms with Crippen LogP contribution in [-0.4, -0.2) is 24.4 Å². The highest BCUT2D eigenvalue weighted by molar-refractivity contribution is 7.09. The van der Waals surface area contributed by atoms with E-state index in [0.717, 1.165) is 0 Å². The Kier molecular flexibility index (Phi) is 5.11. The van der Waals surface area contributed by atoms with Gasteiger partial charge in [0, 0.05) is 16.4 Å². The van der Waals surface area contributed by atoms with Gasteiger partial charge in [-0.1, -0.05) is 17.7 Å². The van der Waals surface area contributed by atoms with Crippen LogP contribution >= 0.6 is 22.9 Å². The lowest BCUT2D eigenvalue weighted by molar-refractivity contribution is -0.117. The molecule has 0 saturated heterocycles. The molecular formula is C14H14ClFN2OS. The SMILES string of the molecule is CN(CC(=O)Nc1cc(Cl)ccc1F)Cc1cccs1. The van der Waals surface area contributed by atoms with Crippen LogP contribution in [0.3, 0.4) is 0 Å². The average molecular weight is 313 g/mol. The lowest BCUT2D eigenvalue weighted by Crippen LogP contribution is -2.29. The summed E-state index contributed by atoms with van der Waals surface area (Å²) in [5.41, 5.74) is 0.104. The van der Waals surface area contributed by atoms with Crippen LogP contribution in [0.4, 0.5) is 10.1 Å². The van der Waals surface area contributed by atoms with Gasteiger partial charge in [-0.05, 0) is 36.7 Å². The van der Waals surface area contributed by atoms with E-state index in [1.165, 1.54) is 23.1 Å². The number of amides is 1. The topological polar surface area (TPSA) is 32.3 Å². The van der Waals surface area contributed by atoms with Crippen molar-refractivity contribution in [2.75, 3.05) is 18.9 Å². The molecule has 1 aromatic carbocycles. The molecule has 3 nitrogen and oxygen atoms in total. The summed E-state index contributed by atoms with van der Waals surface area (Å²) in [4.78, 5) is 14.9. The number of rotatable bonds is 5. The zero-order valence-corrected chi connectivity index (χ0v) is 12.5. The van der Waals surface area contributed by atoms with E-state index in [-0.39, 0.29) is 18.1 Å². The fourth-order valence-electron chi connectivity index (χ4n) is 1.75. The summed E-state index contributed by atoms with van der Waals surface area (Å²) in [6, 6.07) is 8.04. The number of nitrogens with zero attached hydrogens (tertiary/aromatic N) is 1. The molecule has 0 atom stereocenters. The van der Waals surface area contributed by atoms with Crippen molar-refractivity contribution >= 4 is 34.5 Å². The van der Waals surface area contributed by atoms with Crippen LogP contribution in [0.15, 0.2) is 35.7 Å². The molecule has 2 rings (SSSR count). The van der Waals surface area contributed by atoms with Gasteiger partial charge in [-0.3, -0.25) is 9.69 Å². The van der Waals surface area contributed by atoms with Crippen molar-refractivity contribution in [1.82, 2.24) is 4.90 Å². The van der Waals surface area contributed by atoms with E-state index in [1.807, 2.05) is 29.5 Å². The van der Waals surface area contributed by atoms with E-state index in [2.05, 4.69) is 5.32 Å². The van der Waals surface area contributed by atoms with Gasteiger partial charge in [0.1, 0.15) is 5.82 Å². The molecule has 0 aliphatic rings. The van der Waals surface area contributed by atoms with Gasteiger partial charge in [0.05, 0.1) is 12.2 Å². The van der Waals surface area contributed by atoms with Crippen LogP contribution in [0.1, 0.15) is 4.88 Å². The molecule has 0 aliphatic carbocycles. The van der Waals surface area contributed by atoms with Crippen molar-refractivity contribution in [2.45, 2.75) is 6.54 Å². The molecule has 0 radical (unpaired) electrons. The van der Waals surface area contributed by atoms with Gasteiger partial charge < -0.3 is 5.32 Å². The van der Waals surface area contributed by atoms with E-state index < -0.39 is 5.82 Å². The van der Waals surface area contributed by atoms with Crippen LogP contribution in [0.25, 0.3) is 0 Å². The van der Waals surface area contributed by atoms with Crippen molar-refractivity contribution in [2.24, 2.45) is 0 Å². The summed E-state index contributed by atoms with van der Waals surface area (Å²) < 4.78 is 13.5. The molecule has 1 amide bonds. The lowest BCUT2D eigenvalue weighted by atomic mass is 10.3. The van der Waals surface area contributed by atoms with Gasteiger partial charge >= 0.3 is 0 Å². The number of hydrogen-bond acceptors (Lipinski definition) is 3. The Balaban J connectivity index is 1.90. The molecule has 0 saturated carbocycles. The molecule has 0 spiro atoms. The maximum absolute atomic E-state index is 13.5. The molecule has 2 aromatic rings. The number of benzene rings is 1. The Labute approximate surface area is 126 Å². The minimum atomic E-state index is -0.497. The largest absolute Gasteiger partial charge is 0.322 e. The highest BCUT2D eigenvalue weighted by Gasteiger charge is 2.10. The summed E-state index contributed by atoms with van der Waals surface area (Å²) in [7, 11) is 1.84. The summed E-state index contributed by atoms with van der Waals surface area (Å²) in [6.45, 7) is 0.868. The molecule has 1 N–H and O–H groups in total. The molecule has 1 aromatic heterocycles. The zero-order valence-electron chi connectivity index (χ0n) is 10.9. The van der Waals surface area contributed by atoms with E-state index in [4.69, 9.17) is 11.6 Å². The van der Waals surface area contributed by atoms with Crippen LogP contribution in [0, 0.1) is 5.82 Å². The molecule has 0 unspecified atom stereocenters. The highest BCUT2D eigenvalue weighted by Crippen LogP contribution is 2.19. The van der Waals surface area contributed by atoms with Crippen molar-refractivity contribution in [3.8, 4) is 0 Å². The van der Waals surface area contributed by atoms with Crippen LogP contribution < -0.4 is 5.32 Å². The van der Waals surface area contributed by atoms with Gasteiger partial charge in [0.25, 0.3) is 0 Å². The smallest absolute Gasteiger partial charge is 0.238 e. The molecule has 20 heavy (non-hydrogen) atoms. The molecule has 1 heterocycles. The minimum Gasteiger partial charge on any atom is -0.322 e. The lowest BCUT2D eigenvalue weighted by Gasteiger charge is -2.15. The quantitative estimate of drug-likeness (QED) is 0.914. The first-order valence-electron chi connectivity index (χ1n) is 6.00. The summed E-state index contributed by atoms with van der Waals surface area (Å²) in [5.74, 6) is -0.770. The van der Waals surface area contributed by atoms with Gasteiger partial charge in [0.15, 0.2) is 0 Å². The Morgan fingerprint density at radius 1 is 1.45 bits per heavy atom. The fourth-order valence-corrected chi connectivity index (χ4v) is 2.71. The van der Waals surface area contributed by atoms with Crippen molar-refractivity contribution in [3.63, 3.8) is 0 Å². The summed E-state index contributed by atoms with van der Waals surface area (Å²) >= 11 is 7.41. The van der Waals surface area contributed by atoms with E-state index in [9.17, 15) is 9.18 Å². The molecule has 0 bridgehead atoms. The number of carbonyl (C=O) groups excluding carboxylic acids is 1. The first-order valence-corrected chi connectivity index (χ1v) is 7.26. The average Bonchev–Trinajstić information content (AvgIpc) is 2.86. The zero-order chi connectivity index (χ0) is 14.5. The number of hydrogen-bond donors (Lipinski definition) is 1. The maximum Gasteiger partial charge on any atom is 0.238 e. The Morgan fingerprint density at radius 3 is 2.95 bits per heavy atom. The third-order valence-corrected chi connectivity index (χ3v) is 3.72. The van der Waals surface area contributed by atoms with Crippen molar-refractivity contribution in [1.29, 1.82) is 0 Å². The van der Waals surface area contributed by atoms with Gasteiger partial charge in [-0.25, -0.2) is 4.39 Å². The third-order valence-electron chi connectivity index (χ3n) is 2.62. The first-order chi connectivity index (χ1) is 9.54. The molecular weight excluding hydrogens is 299 g/mol. The number of carbonyl (C=O) groups is 1. The second-order valence-electron chi connectivity index (χ2n) is 4.42. The highest BCUT2D eigenvalue weighted by atomic mass is 35.5. The molecule has 0 fully saturated rings. The number of nitrogens with one attached hydrogen (secondary N) is 1. The predicted molar refractivity (Wildman–Crippen MR) is 80.7 cm³/mol. The molecule has 6 heteroatoms. The summed E-state index contributed by atoms with van der Waals surface area (Å²) in [5, 5.41) is 4.90. The monoisotopic (exact) mass is 312 g/mol. The van der Waals surface area contributed by atoms with E-state index in [0.29, 0.717) is 11.6 Å². The Morgan fingerprint density at radius 2 is 2.25 bits per heavy atom. The minimum absolute atomic E-state index is 0.104. The molecule has 0 aliphatic heterocycles. The fraction of sp³-hybridized carbons (Fsp3) is 0.214. The second-order valence-corrected chi connectivity index (χ2v) is 5.89. The maximum atomic E-state index is 13.5. The van der Waals surface area contributed by atoms with Gasteiger partial charge in [0.2, 0.25) is 5.91 Å². The normalized spacial score (nSPS) is 10.8. The number of likely N-dealkylation sites (N-methyl/N-ethyl adjacent to an activating group) is 1. The van der Waals surface area contributed by atoms with Gasteiger partial charge in [-0.15, -0.1) is 11.3 Å². The van der Waals surface area contributed by atoms with E-state index >= 15 is 0 Å². The Hall–Kier alpha value is -1.43. The van der Waals surface area contributed by atoms with Crippen LogP contribution in [-0.2, 0) is 11.3 Å². The number of anilines is 1. The van der Waals surface area contributed by atoms with Crippen LogP contribution in [0.5, 0.6) is 0 Å². The number of halogens is 2. The van der Waals surface area contributed by atoms with Crippen molar-refractivity contribution in [3.05, 3.63) is 51.4 Å². The standard InChI is InChI=1S/C14H14ClFN2OS/c1-18(8-11-3-2-6-20-11)9-14(19)17-13-7-10(15)4-5-12(13)16/h2-7H,8-9H2,1H3,(H,17,19). The van der Waals surface area contributed by atoms with Gasteiger partial charge in [-0.2, -0.15) is 0 Å². The number of thiophene rings is 1. The summed E-state index contributed by atoms with van der Waals surface area (Å²) in [6.07, 6.45) is 0.